The van der Waals surface area contributed by atoms with Crippen LogP contribution in [0.2, 0.25) is 0 Å². The van der Waals surface area contributed by atoms with Gasteiger partial charge in [-0.25, -0.2) is 0 Å². The Balaban J connectivity index is 1.75. The molecule has 166 valence electrons. The molecule has 0 bridgehead atoms. The molecular formula is C26H34N2O3. The first-order chi connectivity index (χ1) is 15.1. The van der Waals surface area contributed by atoms with Crippen molar-refractivity contribution in [3.8, 4) is 0 Å². The van der Waals surface area contributed by atoms with Gasteiger partial charge in [0.05, 0.1) is 38.5 Å². The van der Waals surface area contributed by atoms with Gasteiger partial charge in [-0.1, -0.05) is 68.4 Å². The van der Waals surface area contributed by atoms with E-state index in [0.717, 1.165) is 31.7 Å². The quantitative estimate of drug-likeness (QED) is 0.636. The van der Waals surface area contributed by atoms with E-state index >= 15 is 0 Å². The molecule has 4 rings (SSSR count). The van der Waals surface area contributed by atoms with Gasteiger partial charge in [0, 0.05) is 31.7 Å². The number of carbonyl (C=O) groups is 1. The predicted octanol–water partition coefficient (Wildman–Crippen LogP) is 3.77. The molecule has 2 fully saturated rings. The van der Waals surface area contributed by atoms with Crippen molar-refractivity contribution in [2.45, 2.75) is 31.8 Å². The second-order valence-corrected chi connectivity index (χ2v) is 8.74. The first-order valence-corrected chi connectivity index (χ1v) is 11.5. The largest absolute Gasteiger partial charge is 0.379 e. The maximum Gasteiger partial charge on any atom is 0.181 e. The van der Waals surface area contributed by atoms with Crippen LogP contribution in [0.5, 0.6) is 0 Å². The number of benzene rings is 2. The summed E-state index contributed by atoms with van der Waals surface area (Å²) in [5.74, 6) is 0.670. The molecule has 0 unspecified atom stereocenters. The van der Waals surface area contributed by atoms with Crippen LogP contribution in [0.1, 0.15) is 47.3 Å². The normalized spacial score (nSPS) is 20.5. The number of Topliss-reactive ketones (excluding diaryl/α,β-unsaturated/α-hetero) is 1. The molecule has 0 amide bonds. The second kappa shape index (κ2) is 10.5. The Hall–Kier alpha value is -2.05. The molecule has 2 atom stereocenters. The van der Waals surface area contributed by atoms with Crippen LogP contribution in [0.3, 0.4) is 0 Å². The van der Waals surface area contributed by atoms with Gasteiger partial charge in [-0.2, -0.15) is 0 Å². The molecule has 0 saturated carbocycles. The minimum Gasteiger partial charge on any atom is -0.379 e. The summed E-state index contributed by atoms with van der Waals surface area (Å²) in [7, 11) is 0. The Morgan fingerprint density at radius 3 is 1.81 bits per heavy atom. The molecular weight excluding hydrogens is 388 g/mol. The molecule has 2 aliphatic heterocycles. The number of morpholine rings is 2. The molecule has 2 heterocycles. The van der Waals surface area contributed by atoms with Crippen LogP contribution in [0, 0.1) is 0 Å². The van der Waals surface area contributed by atoms with Crippen molar-refractivity contribution < 1.29 is 14.3 Å². The highest BCUT2D eigenvalue weighted by molar-refractivity contribution is 6.00. The van der Waals surface area contributed by atoms with Gasteiger partial charge in [0.1, 0.15) is 0 Å². The monoisotopic (exact) mass is 422 g/mol. The zero-order valence-corrected chi connectivity index (χ0v) is 18.7. The van der Waals surface area contributed by atoms with Crippen LogP contribution in [0.25, 0.3) is 0 Å². The topological polar surface area (TPSA) is 42.0 Å². The lowest BCUT2D eigenvalue weighted by Crippen LogP contribution is -2.55. The highest BCUT2D eigenvalue weighted by Gasteiger charge is 2.39. The van der Waals surface area contributed by atoms with Crippen LogP contribution in [-0.2, 0) is 9.47 Å². The van der Waals surface area contributed by atoms with Gasteiger partial charge < -0.3 is 9.47 Å². The summed E-state index contributed by atoms with van der Waals surface area (Å²) in [6, 6.07) is 18.4. The van der Waals surface area contributed by atoms with Crippen molar-refractivity contribution in [3.63, 3.8) is 0 Å². The van der Waals surface area contributed by atoms with E-state index in [9.17, 15) is 4.79 Å². The lowest BCUT2D eigenvalue weighted by molar-refractivity contribution is -0.0301. The van der Waals surface area contributed by atoms with Crippen LogP contribution in [0.4, 0.5) is 0 Å². The summed E-state index contributed by atoms with van der Waals surface area (Å²) in [5, 5.41) is 0. The fraction of sp³-hybridized carbons (Fsp3) is 0.500. The highest BCUT2D eigenvalue weighted by Crippen LogP contribution is 2.32. The third kappa shape index (κ3) is 5.24. The standard InChI is InChI=1S/C26H34N2O3/c1-20(2)21-8-10-22(11-9-21)24(27-12-16-30-17-13-27)25(28-14-18-31-19-15-28)26(29)23-6-4-3-5-7-23/h3-11,20,24-25H,12-19H2,1-2H3/t24-,25+/m0/s1. The van der Waals surface area contributed by atoms with E-state index in [1.54, 1.807) is 0 Å². The lowest BCUT2D eigenvalue weighted by atomic mass is 9.88. The molecule has 0 N–H and O–H groups in total. The van der Waals surface area contributed by atoms with Crippen LogP contribution >= 0.6 is 0 Å². The number of hydrogen-bond acceptors (Lipinski definition) is 5. The van der Waals surface area contributed by atoms with Crippen molar-refractivity contribution in [2.75, 3.05) is 52.6 Å². The number of nitrogens with zero attached hydrogens (tertiary/aromatic N) is 2. The Kier molecular flexibility index (Phi) is 7.51. The molecule has 2 saturated heterocycles. The Morgan fingerprint density at radius 2 is 1.26 bits per heavy atom. The minimum atomic E-state index is -0.255. The molecule has 0 aliphatic carbocycles. The van der Waals surface area contributed by atoms with Crippen LogP contribution in [-0.4, -0.2) is 74.2 Å². The van der Waals surface area contributed by atoms with E-state index in [1.165, 1.54) is 11.1 Å². The first-order valence-electron chi connectivity index (χ1n) is 11.5. The zero-order valence-electron chi connectivity index (χ0n) is 18.7. The fourth-order valence-corrected chi connectivity index (χ4v) is 4.66. The summed E-state index contributed by atoms with van der Waals surface area (Å²) in [6.07, 6.45) is 0. The molecule has 5 heteroatoms. The van der Waals surface area contributed by atoms with Gasteiger partial charge in [0.15, 0.2) is 5.78 Å². The number of rotatable bonds is 7. The molecule has 2 aromatic carbocycles. The molecule has 2 aliphatic rings. The summed E-state index contributed by atoms with van der Waals surface area (Å²) in [5.41, 5.74) is 3.30. The maximum absolute atomic E-state index is 13.9. The number of hydrogen-bond donors (Lipinski definition) is 0. The molecule has 31 heavy (non-hydrogen) atoms. The van der Waals surface area contributed by atoms with Gasteiger partial charge in [0.2, 0.25) is 0 Å². The van der Waals surface area contributed by atoms with Crippen molar-refractivity contribution in [1.82, 2.24) is 9.80 Å². The Morgan fingerprint density at radius 1 is 0.742 bits per heavy atom. The molecule has 0 aromatic heterocycles. The van der Waals surface area contributed by atoms with Crippen LogP contribution in [0.15, 0.2) is 54.6 Å². The van der Waals surface area contributed by atoms with Gasteiger partial charge >= 0.3 is 0 Å². The maximum atomic E-state index is 13.9. The first kappa shape index (κ1) is 22.2. The Bertz CT molecular complexity index is 825. The third-order valence-corrected chi connectivity index (χ3v) is 6.45. The fourth-order valence-electron chi connectivity index (χ4n) is 4.66. The van der Waals surface area contributed by atoms with Crippen molar-refractivity contribution in [2.24, 2.45) is 0 Å². The van der Waals surface area contributed by atoms with Crippen molar-refractivity contribution in [3.05, 3.63) is 71.3 Å². The molecule has 0 spiro atoms. The van der Waals surface area contributed by atoms with E-state index in [1.807, 2.05) is 30.3 Å². The Labute approximate surface area is 185 Å². The van der Waals surface area contributed by atoms with Gasteiger partial charge in [0.25, 0.3) is 0 Å². The minimum absolute atomic E-state index is 0.0177. The van der Waals surface area contributed by atoms with Gasteiger partial charge in [-0.05, 0) is 17.0 Å². The highest BCUT2D eigenvalue weighted by atomic mass is 16.5. The van der Waals surface area contributed by atoms with E-state index in [4.69, 9.17) is 9.47 Å². The van der Waals surface area contributed by atoms with Crippen LogP contribution < -0.4 is 0 Å². The predicted molar refractivity (Wildman–Crippen MR) is 123 cm³/mol. The van der Waals surface area contributed by atoms with Crippen molar-refractivity contribution in [1.29, 1.82) is 0 Å². The second-order valence-electron chi connectivity index (χ2n) is 8.74. The lowest BCUT2D eigenvalue weighted by Gasteiger charge is -2.44. The van der Waals surface area contributed by atoms with Gasteiger partial charge in [-0.15, -0.1) is 0 Å². The average Bonchev–Trinajstić information content (AvgIpc) is 2.84. The smallest absolute Gasteiger partial charge is 0.181 e. The molecule has 2 aromatic rings. The number of ketones is 1. The van der Waals surface area contributed by atoms with Gasteiger partial charge in [-0.3, -0.25) is 14.6 Å². The zero-order chi connectivity index (χ0) is 21.6. The van der Waals surface area contributed by atoms with E-state index in [2.05, 4.69) is 47.9 Å². The summed E-state index contributed by atoms with van der Waals surface area (Å²) in [6.45, 7) is 10.4. The molecule has 0 radical (unpaired) electrons. The van der Waals surface area contributed by atoms with Crippen molar-refractivity contribution >= 4 is 5.78 Å². The molecule has 5 nitrogen and oxygen atoms in total. The number of carbonyl (C=O) groups excluding carboxylic acids is 1. The van der Waals surface area contributed by atoms with E-state index in [0.29, 0.717) is 32.3 Å². The van der Waals surface area contributed by atoms with E-state index < -0.39 is 0 Å². The average molecular weight is 423 g/mol. The SMILES string of the molecule is CC(C)c1ccc([C@@H]([C@H](C(=O)c2ccccc2)N2CCOCC2)N2CCOCC2)cc1. The number of ether oxygens (including phenoxy) is 2. The summed E-state index contributed by atoms with van der Waals surface area (Å²) < 4.78 is 11.3. The summed E-state index contributed by atoms with van der Waals surface area (Å²) in [4.78, 5) is 18.7. The third-order valence-electron chi connectivity index (χ3n) is 6.45. The summed E-state index contributed by atoms with van der Waals surface area (Å²) >= 11 is 0. The van der Waals surface area contributed by atoms with E-state index in [-0.39, 0.29) is 17.9 Å².